The molecule has 4 aromatic carbocycles. The van der Waals surface area contributed by atoms with Gasteiger partial charge in [-0.1, -0.05) is 210 Å². The summed E-state index contributed by atoms with van der Waals surface area (Å²) in [7, 11) is 0.271. The smallest absolute Gasteiger partial charge is 0.103 e. The van der Waals surface area contributed by atoms with Gasteiger partial charge in [-0.25, -0.2) is 5.57 Å². The molecule has 0 spiro atoms. The molecule has 0 amide bonds. The van der Waals surface area contributed by atoms with E-state index in [1.165, 1.54) is 76.7 Å². The molecule has 45 heavy (non-hydrogen) atoms. The van der Waals surface area contributed by atoms with Crippen molar-refractivity contribution in [3.05, 3.63) is 150 Å². The van der Waals surface area contributed by atoms with Crippen molar-refractivity contribution in [1.29, 1.82) is 0 Å². The second-order valence-corrected chi connectivity index (χ2v) is 13.5. The number of nitrogens with one attached hydrogen (secondary N) is 1. The van der Waals surface area contributed by atoms with E-state index >= 15 is 0 Å². The molecule has 0 bridgehead atoms. The van der Waals surface area contributed by atoms with Gasteiger partial charge >= 0.3 is 0 Å². The molecule has 4 aromatic rings. The third kappa shape index (κ3) is 15.5. The molecular formula is C42H52HfNSi-2. The summed E-state index contributed by atoms with van der Waals surface area (Å²) in [5.74, 6) is 0.560. The fourth-order valence-electron chi connectivity index (χ4n) is 5.35. The van der Waals surface area contributed by atoms with Crippen LogP contribution in [0.4, 0.5) is 0 Å². The number of hydrogen-bond acceptors (Lipinski definition) is 0. The first kappa shape index (κ1) is 38.6. The fourth-order valence-corrected chi connectivity index (χ4v) is 6.56. The molecule has 0 aliphatic heterocycles. The Morgan fingerprint density at radius 2 is 0.911 bits per heavy atom. The van der Waals surface area contributed by atoms with Gasteiger partial charge in [-0.3, -0.25) is 6.08 Å². The average Bonchev–Trinajstić information content (AvgIpc) is 3.37. The number of benzene rings is 4. The summed E-state index contributed by atoms with van der Waals surface area (Å²) in [6, 6.07) is 42.4. The van der Waals surface area contributed by atoms with Gasteiger partial charge in [-0.05, 0) is 11.1 Å². The van der Waals surface area contributed by atoms with E-state index in [2.05, 4.69) is 143 Å². The van der Waals surface area contributed by atoms with Gasteiger partial charge in [-0.2, -0.15) is 11.1 Å². The molecule has 235 valence electrons. The largest absolute Gasteiger partial charge is 0.675 e. The maximum absolute atomic E-state index is 7.61. The van der Waals surface area contributed by atoms with Crippen LogP contribution < -0.4 is 10.4 Å². The summed E-state index contributed by atoms with van der Waals surface area (Å²) in [6.07, 6.45) is 13.8. The van der Waals surface area contributed by atoms with Crippen LogP contribution in [0.1, 0.15) is 79.1 Å². The molecule has 1 radical (unpaired) electrons. The molecule has 3 heteroatoms. The van der Waals surface area contributed by atoms with Crippen molar-refractivity contribution < 1.29 is 25.8 Å². The minimum atomic E-state index is 0. The van der Waals surface area contributed by atoms with Crippen molar-refractivity contribution in [1.82, 2.24) is 0 Å². The number of allylic oxidation sites excluding steroid dienone is 4. The normalized spacial score (nSPS) is 16.4. The van der Waals surface area contributed by atoms with Gasteiger partial charge in [0.1, 0.15) is 9.52 Å². The van der Waals surface area contributed by atoms with Crippen LogP contribution in [0.3, 0.4) is 0 Å². The van der Waals surface area contributed by atoms with Gasteiger partial charge in [0, 0.05) is 25.8 Å². The first-order chi connectivity index (χ1) is 21.4. The Hall–Kier alpha value is -2.59. The van der Waals surface area contributed by atoms with Crippen LogP contribution in [0.25, 0.3) is 16.9 Å². The molecule has 0 heterocycles. The van der Waals surface area contributed by atoms with E-state index in [0.29, 0.717) is 5.92 Å². The minimum Gasteiger partial charge on any atom is -0.675 e. The molecule has 2 aliphatic rings. The molecule has 1 saturated carbocycles. The van der Waals surface area contributed by atoms with Gasteiger partial charge in [0.15, 0.2) is 0 Å². The molecule has 0 aromatic heterocycles. The first-order valence-electron chi connectivity index (χ1n) is 16.5. The fraction of sp³-hybridized carbons (Fsp3) is 0.333. The second-order valence-electron chi connectivity index (χ2n) is 11.9. The summed E-state index contributed by atoms with van der Waals surface area (Å²) < 4.78 is 0. The molecule has 0 saturated heterocycles. The van der Waals surface area contributed by atoms with Crippen molar-refractivity contribution in [2.75, 3.05) is 0 Å². The zero-order valence-electron chi connectivity index (χ0n) is 27.9. The molecule has 1 fully saturated rings. The summed E-state index contributed by atoms with van der Waals surface area (Å²) >= 11 is 0. The van der Waals surface area contributed by atoms with Crippen molar-refractivity contribution in [2.24, 2.45) is 5.92 Å². The van der Waals surface area contributed by atoms with Gasteiger partial charge in [0.25, 0.3) is 0 Å². The van der Waals surface area contributed by atoms with Crippen molar-refractivity contribution in [3.8, 4) is 11.1 Å². The quantitative estimate of drug-likeness (QED) is 0.146. The summed E-state index contributed by atoms with van der Waals surface area (Å²) in [4.78, 5) is 0. The van der Waals surface area contributed by atoms with E-state index in [-0.39, 0.29) is 41.4 Å². The topological polar surface area (TPSA) is 23.8 Å². The zero-order valence-corrected chi connectivity index (χ0v) is 32.7. The van der Waals surface area contributed by atoms with Crippen LogP contribution in [0, 0.1) is 12.0 Å². The SMILES string of the molecule is CC1=[C-]C(C)C(C)=C1C.[Hf].[NH-]C1CCCCCCCC1.c1ccc(-c2ccccc2)cc1.c1ccc([SiH]c2ccccc2)cc1. The standard InChI is InChI=1S/C12H11Si.C12H10.C9H18N.C9H13.Hf/c1-3-7-11(8-4-1)13-12-9-5-2-6-10-12;1-3-7-11(8-4-1)12-9-5-2-6-10-12;10-9-7-5-3-1-2-4-6-8-9;1-6-5-7(2)9(4)8(6)3;/h1-10,13H;1-10H;9-10H,1-8H2;6H,1-4H3;/q;;2*-1;. The Morgan fingerprint density at radius 1 is 0.556 bits per heavy atom. The van der Waals surface area contributed by atoms with E-state index in [1.54, 1.807) is 0 Å². The Kier molecular flexibility index (Phi) is 19.6. The summed E-state index contributed by atoms with van der Waals surface area (Å²) in [5.41, 5.74) is 14.4. The van der Waals surface area contributed by atoms with E-state index < -0.39 is 0 Å². The van der Waals surface area contributed by atoms with Crippen LogP contribution in [-0.2, 0) is 25.8 Å². The molecule has 1 atom stereocenters. The number of hydrogen-bond donors (Lipinski definition) is 0. The number of rotatable bonds is 3. The Balaban J connectivity index is 0.000000210. The Labute approximate surface area is 296 Å². The third-order valence-electron chi connectivity index (χ3n) is 8.41. The zero-order chi connectivity index (χ0) is 31.4. The minimum absolute atomic E-state index is 0. The Morgan fingerprint density at radius 3 is 1.22 bits per heavy atom. The van der Waals surface area contributed by atoms with E-state index in [0.717, 1.165) is 12.8 Å². The molecule has 1 unspecified atom stereocenters. The van der Waals surface area contributed by atoms with Crippen LogP contribution in [0.2, 0.25) is 0 Å². The van der Waals surface area contributed by atoms with Gasteiger partial charge in [0.2, 0.25) is 0 Å². The van der Waals surface area contributed by atoms with Crippen LogP contribution in [0.15, 0.2) is 138 Å². The van der Waals surface area contributed by atoms with Crippen LogP contribution in [-0.4, -0.2) is 15.6 Å². The van der Waals surface area contributed by atoms with Gasteiger partial charge in [-0.15, -0.1) is 13.0 Å². The third-order valence-corrected chi connectivity index (χ3v) is 9.84. The van der Waals surface area contributed by atoms with Gasteiger partial charge < -0.3 is 5.73 Å². The molecule has 6 rings (SSSR count). The predicted octanol–water partition coefficient (Wildman–Crippen LogP) is 10.7. The van der Waals surface area contributed by atoms with Crippen LogP contribution >= 0.6 is 0 Å². The average molecular weight is 777 g/mol. The van der Waals surface area contributed by atoms with E-state index in [9.17, 15) is 0 Å². The predicted molar refractivity (Wildman–Crippen MR) is 196 cm³/mol. The summed E-state index contributed by atoms with van der Waals surface area (Å²) in [6.45, 7) is 8.67. The molecule has 1 nitrogen and oxygen atoms in total. The first-order valence-corrected chi connectivity index (χ1v) is 17.6. The maximum Gasteiger partial charge on any atom is 0.103 e. The van der Waals surface area contributed by atoms with Crippen molar-refractivity contribution in [3.63, 3.8) is 0 Å². The van der Waals surface area contributed by atoms with Crippen molar-refractivity contribution in [2.45, 2.75) is 85.1 Å². The molecule has 1 N–H and O–H groups in total. The monoisotopic (exact) mass is 778 g/mol. The van der Waals surface area contributed by atoms with Crippen LogP contribution in [0.5, 0.6) is 0 Å². The second kappa shape index (κ2) is 22.8. The molecular weight excluding hydrogens is 725 g/mol. The van der Waals surface area contributed by atoms with E-state index in [1.807, 2.05) is 12.1 Å². The maximum atomic E-state index is 7.61. The molecule has 2 aliphatic carbocycles. The van der Waals surface area contributed by atoms with Crippen molar-refractivity contribution >= 4 is 19.9 Å². The van der Waals surface area contributed by atoms with Gasteiger partial charge in [0.05, 0.1) is 0 Å². The Bertz CT molecular complexity index is 1280. The van der Waals surface area contributed by atoms with E-state index in [4.69, 9.17) is 5.73 Å². The summed E-state index contributed by atoms with van der Waals surface area (Å²) in [5, 5.41) is 2.90.